The largest absolute Gasteiger partial charge is 0.453 e. The monoisotopic (exact) mass is 234 g/mol. The molecule has 0 aliphatic carbocycles. The number of rotatable bonds is 5. The molecule has 0 saturated carbocycles. The van der Waals surface area contributed by atoms with E-state index in [0.717, 1.165) is 19.3 Å². The Morgan fingerprint density at radius 1 is 1.29 bits per heavy atom. The molecule has 0 saturated heterocycles. The quantitative estimate of drug-likeness (QED) is 0.569. The molecule has 2 aromatic rings. The lowest BCUT2D eigenvalue weighted by Gasteiger charge is -1.95. The molecule has 0 fully saturated rings. The number of fused-ring (bicyclic) bond motifs is 1. The summed E-state index contributed by atoms with van der Waals surface area (Å²) in [5, 5.41) is 0.642. The van der Waals surface area contributed by atoms with E-state index in [4.69, 9.17) is 4.42 Å². The van der Waals surface area contributed by atoms with E-state index < -0.39 is 0 Å². The molecule has 0 aliphatic heterocycles. The topological polar surface area (TPSA) is 30.2 Å². The van der Waals surface area contributed by atoms with E-state index in [1.54, 1.807) is 12.1 Å². The molecule has 0 bridgehead atoms. The molecular weight excluding hydrogens is 219 g/mol. The molecule has 17 heavy (non-hydrogen) atoms. The van der Waals surface area contributed by atoms with E-state index >= 15 is 0 Å². The Morgan fingerprint density at radius 2 is 2.12 bits per heavy atom. The van der Waals surface area contributed by atoms with Gasteiger partial charge in [-0.2, -0.15) is 0 Å². The van der Waals surface area contributed by atoms with Crippen molar-refractivity contribution in [2.75, 3.05) is 0 Å². The minimum atomic E-state index is -0.316. The third-order valence-electron chi connectivity index (χ3n) is 2.76. The molecule has 2 rings (SSSR count). The van der Waals surface area contributed by atoms with Crippen LogP contribution in [0.3, 0.4) is 0 Å². The zero-order valence-electron chi connectivity index (χ0n) is 9.83. The predicted octanol–water partition coefficient (Wildman–Crippen LogP) is 4.33. The van der Waals surface area contributed by atoms with Gasteiger partial charge in [0.2, 0.25) is 0 Å². The summed E-state index contributed by atoms with van der Waals surface area (Å²) in [6.45, 7) is 2.09. The van der Waals surface area contributed by atoms with Crippen molar-refractivity contribution in [3.8, 4) is 0 Å². The second-order valence-corrected chi connectivity index (χ2v) is 4.17. The summed E-state index contributed by atoms with van der Waals surface area (Å²) in [5.74, 6) is 0.0139. The number of benzene rings is 1. The van der Waals surface area contributed by atoms with Crippen molar-refractivity contribution in [3.63, 3.8) is 0 Å². The maximum absolute atomic E-state index is 13.0. The summed E-state index contributed by atoms with van der Waals surface area (Å²) in [4.78, 5) is 11.8. The van der Waals surface area contributed by atoms with Gasteiger partial charge >= 0.3 is 0 Å². The molecule has 0 unspecified atom stereocenters. The molecule has 1 heterocycles. The molecule has 90 valence electrons. The Labute approximate surface area is 99.4 Å². The van der Waals surface area contributed by atoms with Crippen molar-refractivity contribution >= 4 is 16.8 Å². The van der Waals surface area contributed by atoms with E-state index in [0.29, 0.717) is 23.2 Å². The van der Waals surface area contributed by atoms with Crippen LogP contribution in [-0.4, -0.2) is 5.78 Å². The summed E-state index contributed by atoms with van der Waals surface area (Å²) in [7, 11) is 0. The number of halogens is 1. The van der Waals surface area contributed by atoms with Crippen LogP contribution in [0.1, 0.15) is 43.2 Å². The number of furan rings is 1. The van der Waals surface area contributed by atoms with Crippen molar-refractivity contribution in [2.45, 2.75) is 32.6 Å². The Morgan fingerprint density at radius 3 is 2.88 bits per heavy atom. The van der Waals surface area contributed by atoms with Crippen molar-refractivity contribution < 1.29 is 13.6 Å². The zero-order valence-corrected chi connectivity index (χ0v) is 9.83. The van der Waals surface area contributed by atoms with Crippen LogP contribution in [0.15, 0.2) is 28.7 Å². The molecule has 0 radical (unpaired) electrons. The number of hydrogen-bond acceptors (Lipinski definition) is 2. The summed E-state index contributed by atoms with van der Waals surface area (Å²) in [6, 6.07) is 5.87. The highest BCUT2D eigenvalue weighted by atomic mass is 19.1. The predicted molar refractivity (Wildman–Crippen MR) is 64.6 cm³/mol. The summed E-state index contributed by atoms with van der Waals surface area (Å²) < 4.78 is 18.4. The highest BCUT2D eigenvalue weighted by Crippen LogP contribution is 2.21. The van der Waals surface area contributed by atoms with Crippen LogP contribution in [0.4, 0.5) is 4.39 Å². The summed E-state index contributed by atoms with van der Waals surface area (Å²) in [5.41, 5.74) is 0.560. The van der Waals surface area contributed by atoms with Gasteiger partial charge in [0.15, 0.2) is 11.5 Å². The average Bonchev–Trinajstić information content (AvgIpc) is 2.72. The molecule has 1 aromatic carbocycles. The van der Waals surface area contributed by atoms with E-state index in [9.17, 15) is 9.18 Å². The number of ketones is 1. The highest BCUT2D eigenvalue weighted by Gasteiger charge is 2.12. The fraction of sp³-hybridized carbons (Fsp3) is 0.357. The zero-order chi connectivity index (χ0) is 12.3. The number of hydrogen-bond donors (Lipinski definition) is 0. The van der Waals surface area contributed by atoms with Crippen molar-refractivity contribution in [3.05, 3.63) is 35.8 Å². The van der Waals surface area contributed by atoms with Gasteiger partial charge in [-0.05, 0) is 30.7 Å². The van der Waals surface area contributed by atoms with Crippen molar-refractivity contribution in [2.24, 2.45) is 0 Å². The molecule has 0 N–H and O–H groups in total. The number of Topliss-reactive ketones (excluding diaryl/α,β-unsaturated/α-hetero) is 1. The van der Waals surface area contributed by atoms with Gasteiger partial charge in [-0.15, -0.1) is 0 Å². The van der Waals surface area contributed by atoms with Gasteiger partial charge in [-0.3, -0.25) is 4.79 Å². The first kappa shape index (κ1) is 11.8. The maximum atomic E-state index is 13.0. The molecule has 3 heteroatoms. The van der Waals surface area contributed by atoms with Gasteiger partial charge in [0.1, 0.15) is 11.4 Å². The Bertz CT molecular complexity index is 528. The van der Waals surface area contributed by atoms with Crippen molar-refractivity contribution in [1.82, 2.24) is 0 Å². The Balaban J connectivity index is 2.15. The van der Waals surface area contributed by atoms with Crippen LogP contribution in [0.2, 0.25) is 0 Å². The molecule has 1 aromatic heterocycles. The van der Waals surface area contributed by atoms with E-state index in [2.05, 4.69) is 6.92 Å². The summed E-state index contributed by atoms with van der Waals surface area (Å²) in [6.07, 6.45) is 3.50. The minimum Gasteiger partial charge on any atom is -0.453 e. The van der Waals surface area contributed by atoms with Crippen LogP contribution >= 0.6 is 0 Å². The first-order valence-corrected chi connectivity index (χ1v) is 5.93. The fourth-order valence-electron chi connectivity index (χ4n) is 1.81. The molecule has 0 spiro atoms. The minimum absolute atomic E-state index is 0.00458. The molecule has 0 amide bonds. The van der Waals surface area contributed by atoms with E-state index in [1.807, 2.05) is 0 Å². The first-order chi connectivity index (χ1) is 8.20. The van der Waals surface area contributed by atoms with Crippen LogP contribution in [0, 0.1) is 5.82 Å². The third kappa shape index (κ3) is 2.73. The molecule has 2 nitrogen and oxygen atoms in total. The van der Waals surface area contributed by atoms with E-state index in [-0.39, 0.29) is 11.6 Å². The summed E-state index contributed by atoms with van der Waals surface area (Å²) >= 11 is 0. The van der Waals surface area contributed by atoms with Crippen LogP contribution in [0.5, 0.6) is 0 Å². The average molecular weight is 234 g/mol. The fourth-order valence-corrected chi connectivity index (χ4v) is 1.81. The van der Waals surface area contributed by atoms with Gasteiger partial charge in [0.25, 0.3) is 0 Å². The lowest BCUT2D eigenvalue weighted by Crippen LogP contribution is -1.96. The smallest absolute Gasteiger partial charge is 0.198 e. The lowest BCUT2D eigenvalue weighted by molar-refractivity contribution is 0.0954. The van der Waals surface area contributed by atoms with Gasteiger partial charge in [-0.1, -0.05) is 19.8 Å². The molecular formula is C14H15FO2. The normalized spacial score (nSPS) is 10.9. The SMILES string of the molecule is CCCCCC(=O)c1cc2cc(F)ccc2o1. The maximum Gasteiger partial charge on any atom is 0.198 e. The molecule has 0 aliphatic rings. The number of carbonyl (C=O) groups excluding carboxylic acids is 1. The Hall–Kier alpha value is -1.64. The third-order valence-corrected chi connectivity index (χ3v) is 2.76. The van der Waals surface area contributed by atoms with Crippen LogP contribution < -0.4 is 0 Å². The second-order valence-electron chi connectivity index (χ2n) is 4.17. The van der Waals surface area contributed by atoms with E-state index in [1.165, 1.54) is 12.1 Å². The van der Waals surface area contributed by atoms with Crippen LogP contribution in [0.25, 0.3) is 11.0 Å². The molecule has 0 atom stereocenters. The highest BCUT2D eigenvalue weighted by molar-refractivity contribution is 5.97. The first-order valence-electron chi connectivity index (χ1n) is 5.93. The van der Waals surface area contributed by atoms with Gasteiger partial charge in [0, 0.05) is 11.8 Å². The number of unbranched alkanes of at least 4 members (excludes halogenated alkanes) is 2. The second kappa shape index (κ2) is 5.13. The van der Waals surface area contributed by atoms with Crippen LogP contribution in [-0.2, 0) is 0 Å². The van der Waals surface area contributed by atoms with Gasteiger partial charge < -0.3 is 4.42 Å². The Kier molecular flexibility index (Phi) is 3.57. The lowest BCUT2D eigenvalue weighted by atomic mass is 10.1. The standard InChI is InChI=1S/C14H15FO2/c1-2-3-4-5-12(16)14-9-10-8-11(15)6-7-13(10)17-14/h6-9H,2-5H2,1H3. The van der Waals surface area contributed by atoms with Gasteiger partial charge in [-0.25, -0.2) is 4.39 Å². The van der Waals surface area contributed by atoms with Gasteiger partial charge in [0.05, 0.1) is 0 Å². The number of carbonyl (C=O) groups is 1. The van der Waals surface area contributed by atoms with Crippen molar-refractivity contribution in [1.29, 1.82) is 0 Å².